The van der Waals surface area contributed by atoms with Gasteiger partial charge >= 0.3 is 0 Å². The number of hydrogen-bond donors (Lipinski definition) is 1. The molecule has 0 aliphatic rings. The molecule has 0 aliphatic heterocycles. The smallest absolute Gasteiger partial charge is 0.251 e. The van der Waals surface area contributed by atoms with Crippen LogP contribution in [-0.4, -0.2) is 26.7 Å². The summed E-state index contributed by atoms with van der Waals surface area (Å²) in [6, 6.07) is 9.50. The van der Waals surface area contributed by atoms with E-state index in [9.17, 15) is 9.18 Å². The first-order valence-corrected chi connectivity index (χ1v) is 7.49. The largest absolute Gasteiger partial charge is 0.497 e. The molecule has 0 radical (unpaired) electrons. The first-order valence-electron chi connectivity index (χ1n) is 7.49. The lowest BCUT2D eigenvalue weighted by molar-refractivity contribution is 0.0950. The molecule has 0 spiro atoms. The Morgan fingerprint density at radius 3 is 2.29 bits per heavy atom. The summed E-state index contributed by atoms with van der Waals surface area (Å²) in [7, 11) is 3.03. The van der Waals surface area contributed by atoms with Crippen LogP contribution in [0.15, 0.2) is 36.4 Å². The van der Waals surface area contributed by atoms with E-state index in [4.69, 9.17) is 14.2 Å². The van der Waals surface area contributed by atoms with Crippen LogP contribution in [0.4, 0.5) is 4.39 Å². The van der Waals surface area contributed by atoms with Crippen molar-refractivity contribution in [3.05, 3.63) is 53.3 Å². The van der Waals surface area contributed by atoms with Crippen LogP contribution in [0.1, 0.15) is 22.8 Å². The van der Waals surface area contributed by atoms with Crippen LogP contribution in [0.5, 0.6) is 17.2 Å². The van der Waals surface area contributed by atoms with Crippen molar-refractivity contribution in [2.24, 2.45) is 0 Å². The Bertz CT molecular complexity index is 696. The maximum absolute atomic E-state index is 13.8. The lowest BCUT2D eigenvalue weighted by atomic mass is 10.1. The third kappa shape index (κ3) is 4.38. The maximum Gasteiger partial charge on any atom is 0.251 e. The molecule has 0 aliphatic carbocycles. The highest BCUT2D eigenvalue weighted by molar-refractivity contribution is 5.95. The molecule has 2 aromatic carbocycles. The number of amides is 1. The van der Waals surface area contributed by atoms with Crippen molar-refractivity contribution >= 4 is 5.91 Å². The molecule has 0 fully saturated rings. The number of carbonyl (C=O) groups excluding carboxylic acids is 1. The molecule has 1 N–H and O–H groups in total. The van der Waals surface area contributed by atoms with E-state index in [1.54, 1.807) is 37.3 Å². The molecule has 5 nitrogen and oxygen atoms in total. The van der Waals surface area contributed by atoms with E-state index in [1.165, 1.54) is 20.3 Å². The summed E-state index contributed by atoms with van der Waals surface area (Å²) in [5.41, 5.74) is 1.04. The zero-order chi connectivity index (χ0) is 17.5. The quantitative estimate of drug-likeness (QED) is 0.845. The predicted molar refractivity (Wildman–Crippen MR) is 88.3 cm³/mol. The number of nitrogens with one attached hydrogen (secondary N) is 1. The highest BCUT2D eigenvalue weighted by atomic mass is 19.1. The van der Waals surface area contributed by atoms with Crippen molar-refractivity contribution in [1.29, 1.82) is 0 Å². The second-order valence-electron chi connectivity index (χ2n) is 4.98. The van der Waals surface area contributed by atoms with Crippen LogP contribution >= 0.6 is 0 Å². The lowest BCUT2D eigenvalue weighted by Crippen LogP contribution is -2.23. The molecular weight excluding hydrogens is 313 g/mol. The van der Waals surface area contributed by atoms with E-state index in [1.807, 2.05) is 0 Å². The van der Waals surface area contributed by atoms with Gasteiger partial charge in [-0.25, -0.2) is 4.39 Å². The number of ether oxygens (including phenoxy) is 3. The molecular formula is C18H20FNO4. The van der Waals surface area contributed by atoms with Gasteiger partial charge in [-0.2, -0.15) is 0 Å². The molecule has 6 heteroatoms. The van der Waals surface area contributed by atoms with Crippen LogP contribution in [0.25, 0.3) is 0 Å². The Morgan fingerprint density at radius 2 is 1.75 bits per heavy atom. The molecule has 1 amide bonds. The molecule has 24 heavy (non-hydrogen) atoms. The van der Waals surface area contributed by atoms with Gasteiger partial charge in [-0.3, -0.25) is 4.79 Å². The fourth-order valence-corrected chi connectivity index (χ4v) is 2.15. The molecule has 0 heterocycles. The number of benzene rings is 2. The van der Waals surface area contributed by atoms with Crippen molar-refractivity contribution in [1.82, 2.24) is 5.32 Å². The third-order valence-electron chi connectivity index (χ3n) is 3.36. The Morgan fingerprint density at radius 1 is 1.08 bits per heavy atom. The van der Waals surface area contributed by atoms with E-state index in [2.05, 4.69) is 5.32 Å². The summed E-state index contributed by atoms with van der Waals surface area (Å²) in [4.78, 5) is 12.3. The van der Waals surface area contributed by atoms with Gasteiger partial charge in [0.1, 0.15) is 11.5 Å². The van der Waals surface area contributed by atoms with Crippen LogP contribution in [0.3, 0.4) is 0 Å². The molecule has 0 unspecified atom stereocenters. The van der Waals surface area contributed by atoms with E-state index in [-0.39, 0.29) is 18.2 Å². The maximum atomic E-state index is 13.8. The summed E-state index contributed by atoms with van der Waals surface area (Å²) in [6.07, 6.45) is 0. The first kappa shape index (κ1) is 17.6. The SMILES string of the molecule is CCOc1ccc(CNC(=O)c2cc(OC)cc(OC)c2)cc1F. The average Bonchev–Trinajstić information content (AvgIpc) is 2.61. The van der Waals surface area contributed by atoms with Gasteiger partial charge in [0, 0.05) is 18.2 Å². The van der Waals surface area contributed by atoms with Gasteiger partial charge in [0.15, 0.2) is 11.6 Å². The van der Waals surface area contributed by atoms with Crippen molar-refractivity contribution in [2.45, 2.75) is 13.5 Å². The molecule has 0 saturated heterocycles. The van der Waals surface area contributed by atoms with Gasteiger partial charge in [0.2, 0.25) is 0 Å². The van der Waals surface area contributed by atoms with Crippen LogP contribution in [-0.2, 0) is 6.54 Å². The van der Waals surface area contributed by atoms with Crippen LogP contribution in [0.2, 0.25) is 0 Å². The molecule has 0 aromatic heterocycles. The van der Waals surface area contributed by atoms with E-state index < -0.39 is 5.82 Å². The average molecular weight is 333 g/mol. The minimum Gasteiger partial charge on any atom is -0.497 e. The second kappa shape index (κ2) is 8.19. The number of hydrogen-bond acceptors (Lipinski definition) is 4. The van der Waals surface area contributed by atoms with Crippen molar-refractivity contribution < 1.29 is 23.4 Å². The Kier molecular flexibility index (Phi) is 6.01. The number of rotatable bonds is 7. The van der Waals surface area contributed by atoms with Crippen LogP contribution in [0, 0.1) is 5.82 Å². The molecule has 2 rings (SSSR count). The lowest BCUT2D eigenvalue weighted by Gasteiger charge is -2.10. The highest BCUT2D eigenvalue weighted by Gasteiger charge is 2.10. The Hall–Kier alpha value is -2.76. The normalized spacial score (nSPS) is 10.2. The van der Waals surface area contributed by atoms with Gasteiger partial charge in [-0.05, 0) is 36.8 Å². The molecule has 0 saturated carbocycles. The van der Waals surface area contributed by atoms with E-state index in [0.717, 1.165) is 0 Å². The predicted octanol–water partition coefficient (Wildman–Crippen LogP) is 3.17. The summed E-state index contributed by atoms with van der Waals surface area (Å²) in [5.74, 6) is 0.483. The number of methoxy groups -OCH3 is 2. The first-order chi connectivity index (χ1) is 11.6. The van der Waals surface area contributed by atoms with Crippen molar-refractivity contribution in [2.75, 3.05) is 20.8 Å². The summed E-state index contributed by atoms with van der Waals surface area (Å²) in [5, 5.41) is 2.74. The monoisotopic (exact) mass is 333 g/mol. The van der Waals surface area contributed by atoms with Crippen molar-refractivity contribution in [3.63, 3.8) is 0 Å². The van der Waals surface area contributed by atoms with E-state index in [0.29, 0.717) is 29.2 Å². The Labute approximate surface area is 140 Å². The zero-order valence-electron chi connectivity index (χ0n) is 13.9. The highest BCUT2D eigenvalue weighted by Crippen LogP contribution is 2.23. The van der Waals surface area contributed by atoms with E-state index >= 15 is 0 Å². The molecule has 0 bridgehead atoms. The fraction of sp³-hybridized carbons (Fsp3) is 0.278. The summed E-state index contributed by atoms with van der Waals surface area (Å²) in [6.45, 7) is 2.38. The molecule has 128 valence electrons. The van der Waals surface area contributed by atoms with Gasteiger partial charge < -0.3 is 19.5 Å². The third-order valence-corrected chi connectivity index (χ3v) is 3.36. The Balaban J connectivity index is 2.06. The zero-order valence-corrected chi connectivity index (χ0v) is 13.9. The van der Waals surface area contributed by atoms with Gasteiger partial charge in [-0.1, -0.05) is 6.07 Å². The minimum atomic E-state index is -0.452. The summed E-state index contributed by atoms with van der Waals surface area (Å²) >= 11 is 0. The fourth-order valence-electron chi connectivity index (χ4n) is 2.15. The standard InChI is InChI=1S/C18H20FNO4/c1-4-24-17-6-5-12(7-16(17)19)11-20-18(21)13-8-14(22-2)10-15(9-13)23-3/h5-10H,4,11H2,1-3H3,(H,20,21). The topological polar surface area (TPSA) is 56.8 Å². The minimum absolute atomic E-state index is 0.196. The number of halogens is 1. The second-order valence-corrected chi connectivity index (χ2v) is 4.98. The van der Waals surface area contributed by atoms with Gasteiger partial charge in [0.05, 0.1) is 20.8 Å². The molecule has 2 aromatic rings. The van der Waals surface area contributed by atoms with Gasteiger partial charge in [0.25, 0.3) is 5.91 Å². The number of carbonyl (C=O) groups is 1. The molecule has 0 atom stereocenters. The summed E-state index contributed by atoms with van der Waals surface area (Å²) < 4.78 is 29.2. The van der Waals surface area contributed by atoms with Crippen LogP contribution < -0.4 is 19.5 Å². The van der Waals surface area contributed by atoms with Gasteiger partial charge in [-0.15, -0.1) is 0 Å². The van der Waals surface area contributed by atoms with Crippen molar-refractivity contribution in [3.8, 4) is 17.2 Å².